The van der Waals surface area contributed by atoms with Gasteiger partial charge in [0.25, 0.3) is 11.8 Å². The van der Waals surface area contributed by atoms with E-state index in [1.54, 1.807) is 24.5 Å². The first-order valence-electron chi connectivity index (χ1n) is 11.5. The highest BCUT2D eigenvalue weighted by molar-refractivity contribution is 6.11. The Kier molecular flexibility index (Phi) is 5.82. The zero-order chi connectivity index (χ0) is 25.8. The molecule has 0 spiro atoms. The zero-order valence-corrected chi connectivity index (χ0v) is 19.7. The molecular formula is C25H24F3N5O3. The number of fused-ring (bicyclic) bond motifs is 1. The number of carbonyl (C=O) groups is 2. The van der Waals surface area contributed by atoms with E-state index in [2.05, 4.69) is 10.2 Å². The third kappa shape index (κ3) is 4.23. The molecule has 8 nitrogen and oxygen atoms in total. The summed E-state index contributed by atoms with van der Waals surface area (Å²) >= 11 is 0. The molecule has 3 heterocycles. The third-order valence-electron chi connectivity index (χ3n) is 6.79. The van der Waals surface area contributed by atoms with E-state index in [1.165, 1.54) is 15.9 Å². The number of aliphatic hydroxyl groups is 1. The van der Waals surface area contributed by atoms with Gasteiger partial charge in [0.05, 0.1) is 18.2 Å². The van der Waals surface area contributed by atoms with Gasteiger partial charge in [0, 0.05) is 43.4 Å². The number of nitrogens with zero attached hydrogens (tertiary/aromatic N) is 5. The maximum atomic E-state index is 14.0. The summed E-state index contributed by atoms with van der Waals surface area (Å²) in [6.07, 6.45) is -3.22. The van der Waals surface area contributed by atoms with Crippen LogP contribution in [0.5, 0.6) is 0 Å². The van der Waals surface area contributed by atoms with Crippen LogP contribution in [0.3, 0.4) is 0 Å². The largest absolute Gasteiger partial charge is 0.416 e. The average molecular weight is 499 g/mol. The molecule has 11 heteroatoms. The van der Waals surface area contributed by atoms with Crippen LogP contribution in [0.2, 0.25) is 0 Å². The fourth-order valence-electron chi connectivity index (χ4n) is 4.68. The molecule has 188 valence electrons. The number of benzene rings is 2. The van der Waals surface area contributed by atoms with Gasteiger partial charge in [-0.25, -0.2) is 0 Å². The van der Waals surface area contributed by atoms with Crippen molar-refractivity contribution in [2.75, 3.05) is 18.0 Å². The van der Waals surface area contributed by atoms with Crippen molar-refractivity contribution in [1.82, 2.24) is 19.7 Å². The van der Waals surface area contributed by atoms with E-state index in [1.807, 2.05) is 24.6 Å². The number of alkyl halides is 3. The number of halogens is 3. The van der Waals surface area contributed by atoms with E-state index in [9.17, 15) is 27.9 Å². The molecule has 36 heavy (non-hydrogen) atoms. The lowest BCUT2D eigenvalue weighted by Gasteiger charge is -2.36. The van der Waals surface area contributed by atoms with Crippen LogP contribution < -0.4 is 4.90 Å². The summed E-state index contributed by atoms with van der Waals surface area (Å²) in [5, 5.41) is 17.4. The molecule has 2 aliphatic heterocycles. The number of aliphatic hydroxyl groups excluding tert-OH is 1. The average Bonchev–Trinajstić information content (AvgIpc) is 3.37. The molecule has 1 saturated heterocycles. The van der Waals surface area contributed by atoms with Gasteiger partial charge in [-0.05, 0) is 41.3 Å². The molecular weight excluding hydrogens is 475 g/mol. The molecule has 1 aromatic heterocycles. The number of hydrogen-bond donors (Lipinski definition) is 1. The first-order chi connectivity index (χ1) is 17.0. The Morgan fingerprint density at radius 2 is 1.97 bits per heavy atom. The molecule has 2 aromatic carbocycles. The number of aromatic nitrogens is 3. The minimum Gasteiger partial charge on any atom is -0.389 e. The number of amides is 2. The summed E-state index contributed by atoms with van der Waals surface area (Å²) < 4.78 is 43.8. The van der Waals surface area contributed by atoms with E-state index in [0.717, 1.165) is 17.5 Å². The SMILES string of the molecule is CC(Cc1nncn1C)c1cccc(N2Cc3c(cc(C(=O)N4CC(O)C4)cc3C(F)(F)F)C2=O)c1. The summed E-state index contributed by atoms with van der Waals surface area (Å²) in [6.45, 7) is 1.86. The van der Waals surface area contributed by atoms with Gasteiger partial charge in [0.15, 0.2) is 0 Å². The van der Waals surface area contributed by atoms with Gasteiger partial charge in [0.2, 0.25) is 0 Å². The summed E-state index contributed by atoms with van der Waals surface area (Å²) in [6, 6.07) is 9.19. The second kappa shape index (κ2) is 8.74. The predicted octanol–water partition coefficient (Wildman–Crippen LogP) is 3.16. The van der Waals surface area contributed by atoms with Crippen LogP contribution in [0.15, 0.2) is 42.7 Å². The molecule has 0 saturated carbocycles. The summed E-state index contributed by atoms with van der Waals surface area (Å²) in [5.41, 5.74) is -0.105. The lowest BCUT2D eigenvalue weighted by Crippen LogP contribution is -2.53. The molecule has 2 amide bonds. The lowest BCUT2D eigenvalue weighted by atomic mass is 9.97. The molecule has 1 unspecified atom stereocenters. The molecule has 0 radical (unpaired) electrons. The van der Waals surface area contributed by atoms with Crippen LogP contribution in [0.4, 0.5) is 18.9 Å². The van der Waals surface area contributed by atoms with Crippen LogP contribution >= 0.6 is 0 Å². The van der Waals surface area contributed by atoms with Crippen molar-refractivity contribution >= 4 is 17.5 Å². The minimum absolute atomic E-state index is 0.0229. The van der Waals surface area contributed by atoms with E-state index in [0.29, 0.717) is 12.1 Å². The van der Waals surface area contributed by atoms with Crippen molar-refractivity contribution < 1.29 is 27.9 Å². The second-order valence-corrected chi connectivity index (χ2v) is 9.36. The van der Waals surface area contributed by atoms with Gasteiger partial charge in [-0.2, -0.15) is 13.2 Å². The highest BCUT2D eigenvalue weighted by atomic mass is 19.4. The highest BCUT2D eigenvalue weighted by Crippen LogP contribution is 2.40. The number of rotatable bonds is 5. The summed E-state index contributed by atoms with van der Waals surface area (Å²) in [5.74, 6) is -0.416. The number of carbonyl (C=O) groups excluding carboxylic acids is 2. The number of β-amino-alcohol motifs (C(OH)–C–C–N with tert-alkyl or cyclic N) is 1. The van der Waals surface area contributed by atoms with Crippen molar-refractivity contribution in [1.29, 1.82) is 0 Å². The summed E-state index contributed by atoms with van der Waals surface area (Å²) in [7, 11) is 1.85. The van der Waals surface area contributed by atoms with Gasteiger partial charge in [-0.1, -0.05) is 19.1 Å². The van der Waals surface area contributed by atoms with E-state index >= 15 is 0 Å². The first-order valence-corrected chi connectivity index (χ1v) is 11.5. The zero-order valence-electron chi connectivity index (χ0n) is 19.7. The molecule has 1 atom stereocenters. The number of hydrogen-bond acceptors (Lipinski definition) is 5. The third-order valence-corrected chi connectivity index (χ3v) is 6.79. The number of likely N-dealkylation sites (tertiary alicyclic amines) is 1. The Morgan fingerprint density at radius 3 is 2.61 bits per heavy atom. The van der Waals surface area contributed by atoms with Crippen molar-refractivity contribution in [3.63, 3.8) is 0 Å². The lowest BCUT2D eigenvalue weighted by molar-refractivity contribution is -0.138. The smallest absolute Gasteiger partial charge is 0.389 e. The molecule has 0 bridgehead atoms. The van der Waals surface area contributed by atoms with Crippen LogP contribution in [0, 0.1) is 0 Å². The fourth-order valence-corrected chi connectivity index (χ4v) is 4.68. The van der Waals surface area contributed by atoms with Crippen LogP contribution in [0.1, 0.15) is 56.1 Å². The monoisotopic (exact) mass is 499 g/mol. The van der Waals surface area contributed by atoms with Crippen LogP contribution in [-0.2, 0) is 26.2 Å². The topological polar surface area (TPSA) is 91.6 Å². The van der Waals surface area contributed by atoms with Crippen LogP contribution in [-0.4, -0.2) is 55.8 Å². The Bertz CT molecular complexity index is 1350. The quantitative estimate of drug-likeness (QED) is 0.583. The van der Waals surface area contributed by atoms with Gasteiger partial charge < -0.3 is 19.5 Å². The number of anilines is 1. The predicted molar refractivity (Wildman–Crippen MR) is 123 cm³/mol. The van der Waals surface area contributed by atoms with Crippen molar-refractivity contribution in [2.24, 2.45) is 7.05 Å². The molecule has 1 N–H and O–H groups in total. The Morgan fingerprint density at radius 1 is 1.22 bits per heavy atom. The Balaban J connectivity index is 1.46. The summed E-state index contributed by atoms with van der Waals surface area (Å²) in [4.78, 5) is 28.6. The van der Waals surface area contributed by atoms with E-state index < -0.39 is 29.7 Å². The van der Waals surface area contributed by atoms with Crippen molar-refractivity contribution in [3.05, 3.63) is 76.4 Å². The van der Waals surface area contributed by atoms with Crippen LogP contribution in [0.25, 0.3) is 0 Å². The second-order valence-electron chi connectivity index (χ2n) is 9.36. The molecule has 2 aliphatic rings. The normalized spacial score (nSPS) is 16.8. The van der Waals surface area contributed by atoms with Crippen molar-refractivity contribution in [3.8, 4) is 0 Å². The molecule has 3 aromatic rings. The highest BCUT2D eigenvalue weighted by Gasteiger charge is 2.42. The van der Waals surface area contributed by atoms with Gasteiger partial charge in [-0.15, -0.1) is 10.2 Å². The first kappa shape index (κ1) is 24.0. The van der Waals surface area contributed by atoms with E-state index in [4.69, 9.17) is 0 Å². The van der Waals surface area contributed by atoms with Gasteiger partial charge in [-0.3, -0.25) is 9.59 Å². The Hall–Kier alpha value is -3.73. The molecule has 0 aliphatic carbocycles. The maximum absolute atomic E-state index is 14.0. The maximum Gasteiger partial charge on any atom is 0.416 e. The fraction of sp³-hybridized carbons (Fsp3) is 0.360. The Labute approximate surface area is 205 Å². The van der Waals surface area contributed by atoms with Gasteiger partial charge in [0.1, 0.15) is 12.2 Å². The standard InChI is InChI=1S/C25H24F3N5O3/c1-14(6-22-30-29-13-31(22)2)15-4-3-5-17(7-15)33-12-20-19(24(33)36)8-16(9-21(20)25(26,27)28)23(35)32-10-18(34)11-32/h3-5,7-9,13-14,18,34H,6,10-12H2,1-2H3. The van der Waals surface area contributed by atoms with Gasteiger partial charge >= 0.3 is 6.18 Å². The molecule has 1 fully saturated rings. The number of aryl methyl sites for hydroxylation is 1. The molecule has 5 rings (SSSR count). The van der Waals surface area contributed by atoms with E-state index in [-0.39, 0.29) is 42.2 Å². The minimum atomic E-state index is -4.74. The van der Waals surface area contributed by atoms with Crippen molar-refractivity contribution in [2.45, 2.75) is 38.1 Å².